The highest BCUT2D eigenvalue weighted by Gasteiger charge is 2.19. The molecule has 2 heterocycles. The molecule has 0 saturated carbocycles. The minimum Gasteiger partial charge on any atom is -0.340 e. The molecule has 0 radical (unpaired) electrons. The summed E-state index contributed by atoms with van der Waals surface area (Å²) in [4.78, 5) is 4.13. The Hall–Kier alpha value is -0.900. The van der Waals surface area contributed by atoms with Gasteiger partial charge in [-0.15, -0.1) is 0 Å². The van der Waals surface area contributed by atoms with Crippen LogP contribution in [0.5, 0.6) is 0 Å². The Balaban J connectivity index is 1.95. The Kier molecular flexibility index (Phi) is 1.62. The lowest BCUT2D eigenvalue weighted by Crippen LogP contribution is -2.43. The minimum atomic E-state index is 0.660. The molecule has 1 N–H and O–H groups in total. The van der Waals surface area contributed by atoms with E-state index in [-0.39, 0.29) is 0 Å². The molecule has 0 spiro atoms. The smallest absolute Gasteiger partial charge is 0.223 e. The monoisotopic (exact) mass is 153 g/mol. The molecule has 1 saturated heterocycles. The number of nitrogens with one attached hydrogen (secondary N) is 1. The number of hydrogen-bond donors (Lipinski definition) is 1. The summed E-state index contributed by atoms with van der Waals surface area (Å²) in [7, 11) is 0. The summed E-state index contributed by atoms with van der Waals surface area (Å²) >= 11 is 0. The van der Waals surface area contributed by atoms with Gasteiger partial charge in [-0.2, -0.15) is 4.98 Å². The predicted octanol–water partition coefficient (Wildman–Crippen LogP) is 0.140. The van der Waals surface area contributed by atoms with Crippen LogP contribution in [0.1, 0.15) is 11.7 Å². The van der Waals surface area contributed by atoms with E-state index in [1.165, 1.54) is 0 Å². The third-order valence-corrected chi connectivity index (χ3v) is 1.91. The minimum absolute atomic E-state index is 0.660. The molecule has 11 heavy (non-hydrogen) atoms. The van der Waals surface area contributed by atoms with E-state index >= 15 is 0 Å². The lowest BCUT2D eigenvalue weighted by Gasteiger charge is -2.25. The standard InChI is InChI=1S/C7H11N3O/c1-5-9-7(10-11-5)2-6-3-8-4-6/h6,8H,2-4H2,1H3. The van der Waals surface area contributed by atoms with Crippen molar-refractivity contribution in [3.63, 3.8) is 0 Å². The van der Waals surface area contributed by atoms with Crippen molar-refractivity contribution in [3.05, 3.63) is 11.7 Å². The molecular formula is C7H11N3O. The van der Waals surface area contributed by atoms with Gasteiger partial charge in [0.1, 0.15) is 0 Å². The highest BCUT2D eigenvalue weighted by atomic mass is 16.5. The van der Waals surface area contributed by atoms with E-state index in [0.717, 1.165) is 25.3 Å². The zero-order valence-corrected chi connectivity index (χ0v) is 6.50. The number of nitrogens with zero attached hydrogens (tertiary/aromatic N) is 2. The van der Waals surface area contributed by atoms with Gasteiger partial charge in [-0.1, -0.05) is 5.16 Å². The fourth-order valence-electron chi connectivity index (χ4n) is 1.18. The van der Waals surface area contributed by atoms with E-state index in [9.17, 15) is 0 Å². The van der Waals surface area contributed by atoms with Gasteiger partial charge in [-0.25, -0.2) is 0 Å². The van der Waals surface area contributed by atoms with Gasteiger partial charge in [0.25, 0.3) is 0 Å². The van der Waals surface area contributed by atoms with Gasteiger partial charge in [0.05, 0.1) is 0 Å². The molecule has 1 fully saturated rings. The van der Waals surface area contributed by atoms with Crippen molar-refractivity contribution in [3.8, 4) is 0 Å². The van der Waals surface area contributed by atoms with Gasteiger partial charge in [0.15, 0.2) is 5.82 Å². The van der Waals surface area contributed by atoms with Gasteiger partial charge in [0, 0.05) is 13.3 Å². The van der Waals surface area contributed by atoms with E-state index < -0.39 is 0 Å². The molecular weight excluding hydrogens is 142 g/mol. The summed E-state index contributed by atoms with van der Waals surface area (Å²) in [6.45, 7) is 4.00. The molecule has 0 unspecified atom stereocenters. The molecule has 0 aliphatic carbocycles. The molecule has 0 bridgehead atoms. The van der Waals surface area contributed by atoms with Crippen LogP contribution in [0.25, 0.3) is 0 Å². The van der Waals surface area contributed by atoms with E-state index in [0.29, 0.717) is 11.8 Å². The first kappa shape index (κ1) is 6.79. The lowest BCUT2D eigenvalue weighted by molar-refractivity contribution is 0.330. The highest BCUT2D eigenvalue weighted by molar-refractivity contribution is 4.90. The van der Waals surface area contributed by atoms with Crippen LogP contribution in [0.15, 0.2) is 4.52 Å². The van der Waals surface area contributed by atoms with Crippen LogP contribution in [0.4, 0.5) is 0 Å². The fraction of sp³-hybridized carbons (Fsp3) is 0.714. The van der Waals surface area contributed by atoms with E-state index in [4.69, 9.17) is 4.52 Å². The number of aromatic nitrogens is 2. The third kappa shape index (κ3) is 1.40. The van der Waals surface area contributed by atoms with Crippen molar-refractivity contribution >= 4 is 0 Å². The maximum atomic E-state index is 4.85. The van der Waals surface area contributed by atoms with Crippen LogP contribution in [0.2, 0.25) is 0 Å². The van der Waals surface area contributed by atoms with Crippen molar-refractivity contribution in [2.45, 2.75) is 13.3 Å². The Labute approximate surface area is 65.0 Å². The summed E-state index contributed by atoms with van der Waals surface area (Å²) in [6.07, 6.45) is 0.949. The topological polar surface area (TPSA) is 51.0 Å². The maximum Gasteiger partial charge on any atom is 0.223 e. The molecule has 1 aliphatic rings. The summed E-state index contributed by atoms with van der Waals surface area (Å²) in [5.41, 5.74) is 0. The largest absolute Gasteiger partial charge is 0.340 e. The molecule has 0 atom stereocenters. The number of rotatable bonds is 2. The second-order valence-corrected chi connectivity index (χ2v) is 2.96. The van der Waals surface area contributed by atoms with E-state index in [1.54, 1.807) is 0 Å². The third-order valence-electron chi connectivity index (χ3n) is 1.91. The number of aryl methyl sites for hydroxylation is 1. The Morgan fingerprint density at radius 2 is 2.45 bits per heavy atom. The first-order chi connectivity index (χ1) is 5.34. The quantitative estimate of drug-likeness (QED) is 0.656. The first-order valence-corrected chi connectivity index (χ1v) is 3.84. The Morgan fingerprint density at radius 1 is 1.64 bits per heavy atom. The average Bonchev–Trinajstić information content (AvgIpc) is 2.27. The molecule has 0 amide bonds. The molecule has 4 nitrogen and oxygen atoms in total. The van der Waals surface area contributed by atoms with Crippen LogP contribution in [0.3, 0.4) is 0 Å². The summed E-state index contributed by atoms with van der Waals surface area (Å²) in [6, 6.07) is 0. The van der Waals surface area contributed by atoms with Crippen LogP contribution in [-0.4, -0.2) is 23.2 Å². The molecule has 1 aromatic rings. The van der Waals surface area contributed by atoms with Crippen LogP contribution in [-0.2, 0) is 6.42 Å². The molecule has 1 aliphatic heterocycles. The molecule has 2 rings (SSSR count). The average molecular weight is 153 g/mol. The summed E-state index contributed by atoms with van der Waals surface area (Å²) < 4.78 is 4.85. The number of hydrogen-bond acceptors (Lipinski definition) is 4. The van der Waals surface area contributed by atoms with E-state index in [2.05, 4.69) is 15.5 Å². The molecule has 0 aromatic carbocycles. The maximum absolute atomic E-state index is 4.85. The fourth-order valence-corrected chi connectivity index (χ4v) is 1.18. The predicted molar refractivity (Wildman–Crippen MR) is 39.1 cm³/mol. The summed E-state index contributed by atoms with van der Waals surface area (Å²) in [5, 5.41) is 7.03. The van der Waals surface area contributed by atoms with Gasteiger partial charge in [0.2, 0.25) is 5.89 Å². The second kappa shape index (κ2) is 2.62. The van der Waals surface area contributed by atoms with Gasteiger partial charge >= 0.3 is 0 Å². The van der Waals surface area contributed by atoms with Gasteiger partial charge in [-0.3, -0.25) is 0 Å². The van der Waals surface area contributed by atoms with Crippen LogP contribution >= 0.6 is 0 Å². The van der Waals surface area contributed by atoms with Crippen molar-refractivity contribution in [2.24, 2.45) is 5.92 Å². The molecule has 4 heteroatoms. The molecule has 60 valence electrons. The molecule has 1 aromatic heterocycles. The van der Waals surface area contributed by atoms with Gasteiger partial charge < -0.3 is 9.84 Å². The lowest BCUT2D eigenvalue weighted by atomic mass is 9.99. The van der Waals surface area contributed by atoms with E-state index in [1.807, 2.05) is 6.92 Å². The van der Waals surface area contributed by atoms with Crippen molar-refractivity contribution < 1.29 is 4.52 Å². The van der Waals surface area contributed by atoms with Crippen molar-refractivity contribution in [1.82, 2.24) is 15.5 Å². The Morgan fingerprint density at radius 3 is 2.91 bits per heavy atom. The van der Waals surface area contributed by atoms with Crippen LogP contribution < -0.4 is 5.32 Å². The zero-order valence-electron chi connectivity index (χ0n) is 6.50. The zero-order chi connectivity index (χ0) is 7.68. The summed E-state index contributed by atoms with van der Waals surface area (Å²) in [5.74, 6) is 2.22. The second-order valence-electron chi connectivity index (χ2n) is 2.96. The van der Waals surface area contributed by atoms with Crippen LogP contribution in [0, 0.1) is 12.8 Å². The van der Waals surface area contributed by atoms with Gasteiger partial charge in [-0.05, 0) is 19.0 Å². The van der Waals surface area contributed by atoms with Crippen molar-refractivity contribution in [2.75, 3.05) is 13.1 Å². The highest BCUT2D eigenvalue weighted by Crippen LogP contribution is 2.09. The first-order valence-electron chi connectivity index (χ1n) is 3.84. The van der Waals surface area contributed by atoms with Crippen molar-refractivity contribution in [1.29, 1.82) is 0 Å². The Bertz CT molecular complexity index is 242. The SMILES string of the molecule is Cc1nc(CC2CNC2)no1. The normalized spacial score (nSPS) is 18.3.